The van der Waals surface area contributed by atoms with Crippen molar-refractivity contribution in [3.05, 3.63) is 15.4 Å². The molecule has 2 N–H and O–H groups in total. The van der Waals surface area contributed by atoms with E-state index < -0.39 is 10.0 Å². The summed E-state index contributed by atoms with van der Waals surface area (Å²) in [4.78, 5) is 15.5. The van der Waals surface area contributed by atoms with E-state index in [0.717, 1.165) is 50.6 Å². The lowest BCUT2D eigenvalue weighted by Gasteiger charge is -2.26. The van der Waals surface area contributed by atoms with E-state index in [-0.39, 0.29) is 9.08 Å². The van der Waals surface area contributed by atoms with Crippen molar-refractivity contribution in [1.82, 2.24) is 14.6 Å². The van der Waals surface area contributed by atoms with Crippen LogP contribution >= 0.6 is 11.3 Å². The Hall–Kier alpha value is -0.740. The number of hydrogen-bond donors (Lipinski definition) is 2. The molecule has 0 unspecified atom stereocenters. The Bertz CT molecular complexity index is 587. The van der Waals surface area contributed by atoms with Crippen molar-refractivity contribution >= 4 is 21.4 Å². The van der Waals surface area contributed by atoms with Gasteiger partial charge in [-0.05, 0) is 19.9 Å². The number of nitrogens with zero attached hydrogens (tertiary/aromatic N) is 1. The molecule has 0 bridgehead atoms. The van der Waals surface area contributed by atoms with E-state index in [1.54, 1.807) is 6.92 Å². The highest BCUT2D eigenvalue weighted by Gasteiger charge is 2.20. The first-order chi connectivity index (χ1) is 9.49. The van der Waals surface area contributed by atoms with Crippen LogP contribution in [0.5, 0.6) is 0 Å². The number of ether oxygens (including phenoxy) is 1. The van der Waals surface area contributed by atoms with Gasteiger partial charge in [-0.3, -0.25) is 9.69 Å². The molecule has 1 aromatic heterocycles. The van der Waals surface area contributed by atoms with Crippen LogP contribution in [0.2, 0.25) is 0 Å². The molecule has 7 nitrogen and oxygen atoms in total. The first kappa shape index (κ1) is 15.6. The fourth-order valence-corrected chi connectivity index (χ4v) is 4.46. The first-order valence-electron chi connectivity index (χ1n) is 6.48. The monoisotopic (exact) mass is 321 g/mol. The molecule has 20 heavy (non-hydrogen) atoms. The smallest absolute Gasteiger partial charge is 0.305 e. The minimum atomic E-state index is -3.58. The molecular formula is C11H19N3O4S2. The third kappa shape index (κ3) is 4.13. The van der Waals surface area contributed by atoms with Gasteiger partial charge < -0.3 is 9.72 Å². The second kappa shape index (κ2) is 6.81. The van der Waals surface area contributed by atoms with Crippen molar-refractivity contribution in [1.29, 1.82) is 0 Å². The molecule has 9 heteroatoms. The van der Waals surface area contributed by atoms with Crippen LogP contribution < -0.4 is 9.60 Å². The molecule has 1 aliphatic heterocycles. The van der Waals surface area contributed by atoms with Crippen molar-refractivity contribution in [3.63, 3.8) is 0 Å². The molecule has 1 aliphatic rings. The third-order valence-corrected chi connectivity index (χ3v) is 6.14. The molecule has 0 saturated carbocycles. The van der Waals surface area contributed by atoms with Crippen LogP contribution in [0.1, 0.15) is 12.1 Å². The Morgan fingerprint density at radius 3 is 2.70 bits per heavy atom. The Labute approximate surface area is 122 Å². The average Bonchev–Trinajstić information content (AvgIpc) is 2.76. The lowest BCUT2D eigenvalue weighted by molar-refractivity contribution is 0.0376. The van der Waals surface area contributed by atoms with Crippen LogP contribution in [-0.2, 0) is 14.8 Å². The maximum Gasteiger partial charge on any atom is 0.305 e. The zero-order valence-electron chi connectivity index (χ0n) is 11.3. The van der Waals surface area contributed by atoms with Gasteiger partial charge in [-0.1, -0.05) is 11.3 Å². The lowest BCUT2D eigenvalue weighted by atomic mass is 10.3. The highest BCUT2D eigenvalue weighted by molar-refractivity contribution is 7.91. The highest BCUT2D eigenvalue weighted by Crippen LogP contribution is 2.15. The summed E-state index contributed by atoms with van der Waals surface area (Å²) in [5.74, 6) is 0. The van der Waals surface area contributed by atoms with Crippen LogP contribution in [0.4, 0.5) is 0 Å². The number of H-pyrrole nitrogens is 1. The largest absolute Gasteiger partial charge is 0.379 e. The van der Waals surface area contributed by atoms with Gasteiger partial charge in [0, 0.05) is 25.3 Å². The number of hydrogen-bond acceptors (Lipinski definition) is 6. The zero-order valence-corrected chi connectivity index (χ0v) is 13.0. The average molecular weight is 321 g/mol. The molecule has 1 saturated heterocycles. The van der Waals surface area contributed by atoms with Crippen molar-refractivity contribution in [2.75, 3.05) is 39.4 Å². The number of aromatic amines is 1. The maximum absolute atomic E-state index is 12.0. The number of morpholine rings is 1. The van der Waals surface area contributed by atoms with Gasteiger partial charge in [-0.25, -0.2) is 13.1 Å². The van der Waals surface area contributed by atoms with E-state index in [1.165, 1.54) is 0 Å². The van der Waals surface area contributed by atoms with Gasteiger partial charge in [0.15, 0.2) is 4.21 Å². The van der Waals surface area contributed by atoms with Gasteiger partial charge in [0.1, 0.15) is 0 Å². The fourth-order valence-electron chi connectivity index (χ4n) is 2.05. The predicted molar refractivity (Wildman–Crippen MR) is 76.7 cm³/mol. The number of rotatable bonds is 6. The minimum absolute atomic E-state index is 0.0777. The Balaban J connectivity index is 1.80. The van der Waals surface area contributed by atoms with E-state index in [9.17, 15) is 13.2 Å². The third-order valence-electron chi connectivity index (χ3n) is 3.07. The minimum Gasteiger partial charge on any atom is -0.379 e. The molecule has 2 heterocycles. The van der Waals surface area contributed by atoms with Crippen molar-refractivity contribution in [2.24, 2.45) is 0 Å². The standard InChI is InChI=1S/C11H19N3O4S2/c1-9-10(19-11(15)13-9)20(16,17)12-3-2-4-14-5-7-18-8-6-14/h12H,2-8H2,1H3,(H,13,15). The van der Waals surface area contributed by atoms with Crippen LogP contribution in [0.25, 0.3) is 0 Å². The van der Waals surface area contributed by atoms with Crippen LogP contribution in [0, 0.1) is 6.92 Å². The molecule has 0 aromatic carbocycles. The van der Waals surface area contributed by atoms with Gasteiger partial charge in [0.25, 0.3) is 10.0 Å². The molecule has 0 spiro atoms. The van der Waals surface area contributed by atoms with Crippen LogP contribution in [-0.4, -0.2) is 57.7 Å². The van der Waals surface area contributed by atoms with Crippen molar-refractivity contribution in [2.45, 2.75) is 17.6 Å². The van der Waals surface area contributed by atoms with Crippen LogP contribution in [0.3, 0.4) is 0 Å². The molecule has 1 fully saturated rings. The summed E-state index contributed by atoms with van der Waals surface area (Å²) >= 11 is 0.719. The second-order valence-electron chi connectivity index (χ2n) is 4.63. The van der Waals surface area contributed by atoms with E-state index in [1.807, 2.05) is 0 Å². The lowest BCUT2D eigenvalue weighted by Crippen LogP contribution is -2.38. The summed E-state index contributed by atoms with van der Waals surface area (Å²) in [5.41, 5.74) is 0.390. The fraction of sp³-hybridized carbons (Fsp3) is 0.727. The number of aryl methyl sites for hydroxylation is 1. The topological polar surface area (TPSA) is 91.5 Å². The van der Waals surface area contributed by atoms with Gasteiger partial charge >= 0.3 is 4.87 Å². The van der Waals surface area contributed by atoms with Crippen LogP contribution in [0.15, 0.2) is 9.00 Å². The molecule has 2 rings (SSSR count). The summed E-state index contributed by atoms with van der Waals surface area (Å²) in [6.45, 7) is 6.06. The number of nitrogens with one attached hydrogen (secondary N) is 2. The van der Waals surface area contributed by atoms with Gasteiger partial charge in [0.05, 0.1) is 13.2 Å². The Morgan fingerprint density at radius 1 is 1.40 bits per heavy atom. The summed E-state index contributed by atoms with van der Waals surface area (Å²) in [6.07, 6.45) is 0.734. The van der Waals surface area contributed by atoms with Crippen molar-refractivity contribution in [3.8, 4) is 0 Å². The molecule has 0 radical (unpaired) electrons. The Kier molecular flexibility index (Phi) is 5.33. The molecule has 1 aromatic rings. The second-order valence-corrected chi connectivity index (χ2v) is 7.58. The quantitative estimate of drug-likeness (QED) is 0.705. The van der Waals surface area contributed by atoms with E-state index >= 15 is 0 Å². The molecule has 0 aliphatic carbocycles. The van der Waals surface area contributed by atoms with E-state index in [2.05, 4.69) is 14.6 Å². The molecule has 114 valence electrons. The SMILES string of the molecule is Cc1[nH]c(=O)sc1S(=O)(=O)NCCCN1CCOCC1. The first-order valence-corrected chi connectivity index (χ1v) is 8.78. The number of aromatic nitrogens is 1. The molecule has 0 amide bonds. The number of sulfonamides is 1. The summed E-state index contributed by atoms with van der Waals surface area (Å²) in [7, 11) is -3.58. The van der Waals surface area contributed by atoms with E-state index in [4.69, 9.17) is 4.74 Å². The van der Waals surface area contributed by atoms with Crippen molar-refractivity contribution < 1.29 is 13.2 Å². The predicted octanol–water partition coefficient (Wildman–Crippen LogP) is -0.255. The Morgan fingerprint density at radius 2 is 2.10 bits per heavy atom. The maximum atomic E-state index is 12.0. The number of thiazole rings is 1. The van der Waals surface area contributed by atoms with E-state index in [0.29, 0.717) is 12.2 Å². The highest BCUT2D eigenvalue weighted by atomic mass is 32.2. The van der Waals surface area contributed by atoms with Gasteiger partial charge in [0.2, 0.25) is 0 Å². The zero-order chi connectivity index (χ0) is 14.6. The molecule has 0 atom stereocenters. The summed E-state index contributed by atoms with van der Waals surface area (Å²) < 4.78 is 31.9. The summed E-state index contributed by atoms with van der Waals surface area (Å²) in [6, 6.07) is 0. The van der Waals surface area contributed by atoms with Gasteiger partial charge in [-0.2, -0.15) is 0 Å². The summed E-state index contributed by atoms with van der Waals surface area (Å²) in [5, 5.41) is 0. The normalized spacial score (nSPS) is 17.4. The van der Waals surface area contributed by atoms with Gasteiger partial charge in [-0.15, -0.1) is 0 Å². The molecular weight excluding hydrogens is 302 g/mol.